The number of hydrogen-bond donors (Lipinski definition) is 0. The maximum atomic E-state index is 13.1. The Morgan fingerprint density at radius 3 is 2.76 bits per heavy atom. The Morgan fingerprint density at radius 1 is 1.59 bits per heavy atom. The predicted octanol–water partition coefficient (Wildman–Crippen LogP) is 3.03. The molecule has 0 aliphatic carbocycles. The van der Waals surface area contributed by atoms with Crippen molar-refractivity contribution in [2.24, 2.45) is 0 Å². The average molecular weight is 312 g/mol. The Morgan fingerprint density at radius 2 is 2.24 bits per heavy atom. The smallest absolute Gasteiger partial charge is 0.311 e. The lowest BCUT2D eigenvalue weighted by molar-refractivity contribution is -0.142. The molecule has 0 aliphatic heterocycles. The van der Waals surface area contributed by atoms with Gasteiger partial charge in [-0.05, 0) is 28.9 Å². The summed E-state index contributed by atoms with van der Waals surface area (Å²) in [6.45, 7) is 1.71. The van der Waals surface area contributed by atoms with Crippen molar-refractivity contribution in [3.63, 3.8) is 0 Å². The Hall–Kier alpha value is -1.11. The molecule has 1 aromatic rings. The Balaban J connectivity index is 3.04. The number of halogens is 4. The summed E-state index contributed by atoms with van der Waals surface area (Å²) in [5.41, 5.74) is -0.787. The molecule has 1 rings (SSSR count). The first-order valence-electron chi connectivity index (χ1n) is 4.74. The topological polar surface area (TPSA) is 39.2 Å². The van der Waals surface area contributed by atoms with Crippen molar-refractivity contribution >= 4 is 21.9 Å². The molecule has 7 heteroatoms. The van der Waals surface area contributed by atoms with Gasteiger partial charge in [-0.3, -0.25) is 4.79 Å². The van der Waals surface area contributed by atoms with E-state index in [0.29, 0.717) is 0 Å². The van der Waals surface area contributed by atoms with Crippen molar-refractivity contribution in [1.29, 1.82) is 0 Å². The molecule has 0 aromatic carbocycles. The number of esters is 1. The second-order valence-electron chi connectivity index (χ2n) is 3.08. The van der Waals surface area contributed by atoms with Crippen LogP contribution in [0.5, 0.6) is 0 Å². The summed E-state index contributed by atoms with van der Waals surface area (Å²) >= 11 is 2.76. The molecule has 94 valence electrons. The van der Waals surface area contributed by atoms with E-state index in [9.17, 15) is 18.0 Å². The zero-order valence-electron chi connectivity index (χ0n) is 8.84. The van der Waals surface area contributed by atoms with Crippen LogP contribution in [0.3, 0.4) is 0 Å². The Labute approximate surface area is 104 Å². The first-order chi connectivity index (χ1) is 7.95. The number of aromatic nitrogens is 1. The van der Waals surface area contributed by atoms with Gasteiger partial charge >= 0.3 is 5.97 Å². The maximum absolute atomic E-state index is 13.1. The molecular weight excluding hydrogens is 303 g/mol. The molecule has 0 saturated heterocycles. The minimum absolute atomic E-state index is 0.127. The van der Waals surface area contributed by atoms with Crippen LogP contribution in [0.2, 0.25) is 0 Å². The highest BCUT2D eigenvalue weighted by molar-refractivity contribution is 9.10. The summed E-state index contributed by atoms with van der Waals surface area (Å²) in [5, 5.41) is 0. The van der Waals surface area contributed by atoms with E-state index in [-0.39, 0.29) is 16.8 Å². The number of hydrogen-bond acceptors (Lipinski definition) is 3. The molecule has 0 fully saturated rings. The minimum atomic E-state index is -2.83. The van der Waals surface area contributed by atoms with Crippen LogP contribution in [0.1, 0.15) is 24.6 Å². The van der Waals surface area contributed by atoms with Gasteiger partial charge in [0.05, 0.1) is 23.2 Å². The minimum Gasteiger partial charge on any atom is -0.466 e. The van der Waals surface area contributed by atoms with Gasteiger partial charge in [0.2, 0.25) is 5.95 Å². The number of carbonyl (C=O) groups is 1. The SMILES string of the molecule is CCOC(=O)Cc1nc(F)c(Br)cc1C(F)F. The lowest BCUT2D eigenvalue weighted by Crippen LogP contribution is -2.12. The van der Waals surface area contributed by atoms with Gasteiger partial charge in [-0.2, -0.15) is 4.39 Å². The molecule has 1 aromatic heterocycles. The highest BCUT2D eigenvalue weighted by Gasteiger charge is 2.20. The second-order valence-corrected chi connectivity index (χ2v) is 3.93. The van der Waals surface area contributed by atoms with Gasteiger partial charge in [-0.1, -0.05) is 0 Å². The summed E-state index contributed by atoms with van der Waals surface area (Å²) < 4.78 is 42.8. The van der Waals surface area contributed by atoms with Crippen molar-refractivity contribution in [2.45, 2.75) is 19.8 Å². The van der Waals surface area contributed by atoms with Crippen LogP contribution in [-0.2, 0) is 16.0 Å². The first-order valence-corrected chi connectivity index (χ1v) is 5.53. The average Bonchev–Trinajstić information content (AvgIpc) is 2.23. The zero-order chi connectivity index (χ0) is 13.0. The number of alkyl halides is 2. The fourth-order valence-electron chi connectivity index (χ4n) is 1.20. The highest BCUT2D eigenvalue weighted by Crippen LogP contribution is 2.26. The molecule has 17 heavy (non-hydrogen) atoms. The third-order valence-electron chi connectivity index (χ3n) is 1.90. The number of pyridine rings is 1. The van der Waals surface area contributed by atoms with E-state index in [0.717, 1.165) is 6.07 Å². The van der Waals surface area contributed by atoms with Crippen LogP contribution in [0.15, 0.2) is 10.5 Å². The van der Waals surface area contributed by atoms with E-state index in [4.69, 9.17) is 0 Å². The van der Waals surface area contributed by atoms with Crippen molar-refractivity contribution < 1.29 is 22.7 Å². The lowest BCUT2D eigenvalue weighted by Gasteiger charge is -2.08. The maximum Gasteiger partial charge on any atom is 0.311 e. The van der Waals surface area contributed by atoms with Crippen molar-refractivity contribution in [2.75, 3.05) is 6.61 Å². The molecule has 0 N–H and O–H groups in total. The molecule has 0 amide bonds. The van der Waals surface area contributed by atoms with Crippen molar-refractivity contribution in [3.8, 4) is 0 Å². The van der Waals surface area contributed by atoms with Gasteiger partial charge in [0, 0.05) is 5.56 Å². The first kappa shape index (κ1) is 14.0. The third-order valence-corrected chi connectivity index (χ3v) is 2.45. The number of ether oxygens (including phenoxy) is 1. The summed E-state index contributed by atoms with van der Waals surface area (Å²) in [7, 11) is 0. The van der Waals surface area contributed by atoms with E-state index < -0.39 is 30.3 Å². The second kappa shape index (κ2) is 6.00. The monoisotopic (exact) mass is 311 g/mol. The molecule has 1 heterocycles. The number of nitrogens with zero attached hydrogens (tertiary/aromatic N) is 1. The van der Waals surface area contributed by atoms with Crippen molar-refractivity contribution in [1.82, 2.24) is 4.98 Å². The molecule has 0 saturated carbocycles. The largest absolute Gasteiger partial charge is 0.466 e. The molecule has 0 bridgehead atoms. The van der Waals surface area contributed by atoms with E-state index in [1.807, 2.05) is 0 Å². The van der Waals surface area contributed by atoms with E-state index >= 15 is 0 Å². The zero-order valence-corrected chi connectivity index (χ0v) is 10.4. The third kappa shape index (κ3) is 3.69. The van der Waals surface area contributed by atoms with Gasteiger partial charge in [-0.15, -0.1) is 0 Å². The van der Waals surface area contributed by atoms with Crippen LogP contribution < -0.4 is 0 Å². The van der Waals surface area contributed by atoms with Gasteiger partial charge in [0.15, 0.2) is 0 Å². The van der Waals surface area contributed by atoms with E-state index in [1.54, 1.807) is 6.92 Å². The molecule has 0 atom stereocenters. The lowest BCUT2D eigenvalue weighted by atomic mass is 10.1. The van der Waals surface area contributed by atoms with Crippen LogP contribution in [0.25, 0.3) is 0 Å². The van der Waals surface area contributed by atoms with Crippen LogP contribution in [-0.4, -0.2) is 17.6 Å². The van der Waals surface area contributed by atoms with Gasteiger partial charge in [-0.25, -0.2) is 13.8 Å². The molecule has 0 spiro atoms. The van der Waals surface area contributed by atoms with Crippen LogP contribution >= 0.6 is 15.9 Å². The highest BCUT2D eigenvalue weighted by atomic mass is 79.9. The summed E-state index contributed by atoms with van der Waals surface area (Å²) in [6, 6.07) is 0.918. The summed E-state index contributed by atoms with van der Waals surface area (Å²) in [4.78, 5) is 14.5. The van der Waals surface area contributed by atoms with E-state index in [2.05, 4.69) is 25.7 Å². The Kier molecular flexibility index (Phi) is 4.92. The van der Waals surface area contributed by atoms with Crippen LogP contribution in [0.4, 0.5) is 13.2 Å². The van der Waals surface area contributed by atoms with Gasteiger partial charge < -0.3 is 4.74 Å². The molecular formula is C10H9BrF3NO2. The van der Waals surface area contributed by atoms with E-state index in [1.165, 1.54) is 0 Å². The molecule has 3 nitrogen and oxygen atoms in total. The quantitative estimate of drug-likeness (QED) is 0.634. The Bertz CT molecular complexity index is 426. The standard InChI is InChI=1S/C10H9BrF3NO2/c1-2-17-8(16)4-7-5(9(12)13)3-6(11)10(14)15-7/h3,9H,2,4H2,1H3. The van der Waals surface area contributed by atoms with Gasteiger partial charge in [0.25, 0.3) is 6.43 Å². The predicted molar refractivity (Wildman–Crippen MR) is 57.2 cm³/mol. The molecule has 0 unspecified atom stereocenters. The van der Waals surface area contributed by atoms with Crippen molar-refractivity contribution in [3.05, 3.63) is 27.7 Å². The summed E-state index contributed by atoms with van der Waals surface area (Å²) in [5.74, 6) is -1.66. The number of rotatable bonds is 4. The molecule has 0 radical (unpaired) electrons. The summed E-state index contributed by atoms with van der Waals surface area (Å²) in [6.07, 6.45) is -3.30. The molecule has 0 aliphatic rings. The fraction of sp³-hybridized carbons (Fsp3) is 0.400. The van der Waals surface area contributed by atoms with Gasteiger partial charge in [0.1, 0.15) is 0 Å². The fourth-order valence-corrected chi connectivity index (χ4v) is 1.53. The normalized spacial score (nSPS) is 10.7. The number of carbonyl (C=O) groups excluding carboxylic acids is 1. The van der Waals surface area contributed by atoms with Crippen LogP contribution in [0, 0.1) is 5.95 Å².